The summed E-state index contributed by atoms with van der Waals surface area (Å²) >= 11 is 1.46. The van der Waals surface area contributed by atoms with Crippen LogP contribution in [0.4, 0.5) is 52.7 Å². The zero-order valence-electron chi connectivity index (χ0n) is 56.6. The van der Waals surface area contributed by atoms with Crippen molar-refractivity contribution >= 4 is 6.41 Å². The topological polar surface area (TPSA) is 0 Å². The van der Waals surface area contributed by atoms with Gasteiger partial charge in [-0.15, -0.1) is 35.1 Å². The normalized spacial score (nSPS) is 13.3. The zero-order chi connectivity index (χ0) is 71.0. The van der Waals surface area contributed by atoms with Gasteiger partial charge in [0.1, 0.15) is 0 Å². The van der Waals surface area contributed by atoms with Gasteiger partial charge in [0, 0.05) is 0 Å². The minimum Gasteiger partial charge on any atom is -1.00 e. The van der Waals surface area contributed by atoms with Gasteiger partial charge in [0.2, 0.25) is 0 Å². The number of fused-ring (bicyclic) bond motifs is 6. The van der Waals surface area contributed by atoms with E-state index in [9.17, 15) is 52.7 Å². The van der Waals surface area contributed by atoms with Crippen molar-refractivity contribution in [2.75, 3.05) is 0 Å². The van der Waals surface area contributed by atoms with Crippen LogP contribution in [0.1, 0.15) is 185 Å². The Morgan fingerprint density at radius 3 is 0.816 bits per heavy atom. The van der Waals surface area contributed by atoms with Crippen molar-refractivity contribution in [1.29, 1.82) is 0 Å². The van der Waals surface area contributed by atoms with Gasteiger partial charge in [0.25, 0.3) is 0 Å². The van der Waals surface area contributed by atoms with Gasteiger partial charge in [-0.2, -0.15) is 59.7 Å². The minimum absolute atomic E-state index is 0. The third kappa shape index (κ3) is 23.0. The molecule has 0 saturated heterocycles. The van der Waals surface area contributed by atoms with Gasteiger partial charge in [-0.25, -0.2) is 24.3 Å². The summed E-state index contributed by atoms with van der Waals surface area (Å²) in [6, 6.07) is 48.7. The van der Waals surface area contributed by atoms with E-state index in [-0.39, 0.29) is 68.7 Å². The molecule has 0 nitrogen and oxygen atoms in total. The molecular weight excluding hydrogens is 1470 g/mol. The molecule has 512 valence electrons. The van der Waals surface area contributed by atoms with Crippen LogP contribution in [-0.4, -0.2) is 6.41 Å². The molecule has 0 amide bonds. The first kappa shape index (κ1) is 82.6. The fraction of sp³-hybridized carbons (Fsp3) is 0.293. The number of alkyl halides is 12. The van der Waals surface area contributed by atoms with Crippen LogP contribution in [-0.2, 0) is 108 Å². The van der Waals surface area contributed by atoms with Gasteiger partial charge in [-0.3, -0.25) is 12.2 Å². The summed E-state index contributed by atoms with van der Waals surface area (Å²) in [6.45, 7) is 27.2. The fourth-order valence-electron chi connectivity index (χ4n) is 10.5. The Hall–Kier alpha value is -6.03. The molecule has 0 fully saturated rings. The number of rotatable bonds is 4. The van der Waals surface area contributed by atoms with Crippen LogP contribution in [0.2, 0.25) is 0 Å². The van der Waals surface area contributed by atoms with E-state index in [1.54, 1.807) is 0 Å². The molecule has 0 N–H and O–H groups in total. The largest absolute Gasteiger partial charge is 1.00 e. The van der Waals surface area contributed by atoms with Gasteiger partial charge in [-0.1, -0.05) is 131 Å². The van der Waals surface area contributed by atoms with E-state index in [1.165, 1.54) is 115 Å². The molecule has 16 heteroatoms. The number of hydrogen-bond acceptors (Lipinski definition) is 0. The second-order valence-electron chi connectivity index (χ2n) is 27.7. The summed E-state index contributed by atoms with van der Waals surface area (Å²) in [5.74, 6) is 0. The van der Waals surface area contributed by atoms with E-state index in [4.69, 9.17) is 0 Å². The summed E-state index contributed by atoms with van der Waals surface area (Å²) in [6.07, 6.45) is 4.11. The summed E-state index contributed by atoms with van der Waals surface area (Å²) in [4.78, 5) is 0. The van der Waals surface area contributed by atoms with Crippen molar-refractivity contribution < 1.29 is 126 Å². The standard InChI is InChI=1S/2C21H25.2C15H8F6.2C5H5.2ClH.2Zr/c2*1-20(2,3)16-7-9-18-14(12-16)11-15-13-17(21(4,5)6)8-10-19(15)18;2*16-14(17,18)12-5-1-3-10(8-12)7-11-4-2-6-13(9-11)15(19,20)21;2*1-2-4-5-3-1;;;;/h2*7-10,12H,11H2,1-6H3;2*1-6,8-9H;2*1-3H,4H2;2*1H;;/q2*-1;;;2*-1;;;2*+2/p-2. The number of halogens is 14. The molecule has 0 spiro atoms. The van der Waals surface area contributed by atoms with Gasteiger partial charge < -0.3 is 24.8 Å². The smallest absolute Gasteiger partial charge is 0.109 e. The number of hydrogen-bond donors (Lipinski definition) is 0. The Morgan fingerprint density at radius 2 is 0.602 bits per heavy atom. The molecule has 12 rings (SSSR count). The van der Waals surface area contributed by atoms with Crippen molar-refractivity contribution in [3.05, 3.63) is 307 Å². The van der Waals surface area contributed by atoms with Crippen LogP contribution in [0.3, 0.4) is 0 Å². The molecule has 0 atom stereocenters. The zero-order valence-corrected chi connectivity index (χ0v) is 63.0. The maximum Gasteiger partial charge on any atom is -0.109 e. The van der Waals surface area contributed by atoms with Gasteiger partial charge in [-0.05, 0) is 56.8 Å². The molecule has 0 bridgehead atoms. The summed E-state index contributed by atoms with van der Waals surface area (Å²) in [7, 11) is 0. The van der Waals surface area contributed by atoms with E-state index < -0.39 is 47.0 Å². The Bertz CT molecular complexity index is 3670. The predicted octanol–water partition coefficient (Wildman–Crippen LogP) is 17.6. The van der Waals surface area contributed by atoms with E-state index in [0.717, 1.165) is 123 Å². The summed E-state index contributed by atoms with van der Waals surface area (Å²) < 4.78 is 153. The molecule has 0 unspecified atom stereocenters. The van der Waals surface area contributed by atoms with Crippen molar-refractivity contribution in [2.24, 2.45) is 0 Å². The Labute approximate surface area is 612 Å². The average molecular weight is 1540 g/mol. The van der Waals surface area contributed by atoms with Gasteiger partial charge >= 0.3 is 274 Å². The number of allylic oxidation sites excluding steroid dienone is 8. The van der Waals surface area contributed by atoms with Crippen LogP contribution in [0, 0.1) is 24.3 Å². The third-order valence-electron chi connectivity index (χ3n) is 16.0. The van der Waals surface area contributed by atoms with E-state index >= 15 is 0 Å². The van der Waals surface area contributed by atoms with Crippen molar-refractivity contribution in [2.45, 2.75) is 155 Å². The average Bonchev–Trinajstić information content (AvgIpc) is 1.62. The molecule has 4 aliphatic carbocycles. The maximum atomic E-state index is 12.7. The van der Waals surface area contributed by atoms with E-state index in [2.05, 4.69) is 180 Å². The van der Waals surface area contributed by atoms with E-state index in [1.807, 2.05) is 24.3 Å². The summed E-state index contributed by atoms with van der Waals surface area (Å²) in [5.41, 5.74) is 15.2. The molecule has 98 heavy (non-hydrogen) atoms. The third-order valence-corrected chi connectivity index (χ3v) is 18.9. The van der Waals surface area contributed by atoms with Crippen LogP contribution in [0.25, 0.3) is 22.3 Å². The fourth-order valence-corrected chi connectivity index (χ4v) is 12.0. The summed E-state index contributed by atoms with van der Waals surface area (Å²) in [5, 5.41) is 0. The maximum absolute atomic E-state index is 12.7. The van der Waals surface area contributed by atoms with Crippen LogP contribution < -0.4 is 24.8 Å². The Balaban J connectivity index is 0.000000223. The first-order valence-corrected chi connectivity index (χ1v) is 33.7. The monoisotopic (exact) mass is 1540 g/mol. The quantitative estimate of drug-likeness (QED) is 0.122. The first-order valence-electron chi connectivity index (χ1n) is 31.2. The molecule has 0 heterocycles. The first-order chi connectivity index (χ1) is 44.5. The van der Waals surface area contributed by atoms with Crippen molar-refractivity contribution in [3.63, 3.8) is 0 Å². The number of benzene rings is 8. The molecule has 8 aromatic rings. The molecule has 0 saturated carbocycles. The van der Waals surface area contributed by atoms with Crippen LogP contribution >= 0.6 is 0 Å². The Kier molecular flexibility index (Phi) is 28.4. The van der Waals surface area contributed by atoms with Gasteiger partial charge in [0.05, 0.1) is 0 Å². The van der Waals surface area contributed by atoms with Crippen LogP contribution in [0.5, 0.6) is 0 Å². The van der Waals surface area contributed by atoms with Gasteiger partial charge in [0.15, 0.2) is 0 Å². The molecule has 0 aromatic heterocycles. The second kappa shape index (κ2) is 33.6. The predicted molar refractivity (Wildman–Crippen MR) is 357 cm³/mol. The molecule has 8 aromatic carbocycles. The second-order valence-corrected chi connectivity index (χ2v) is 30.2. The molecule has 0 aliphatic heterocycles. The molecule has 4 aliphatic rings. The SMILES string of the molecule is CC(C)(C)c1[c-]c2c(cc1)-c1ccc(C(C)(C)C)cc1C2.CC(C)(C)c1[c-]c2c(cc1)-c1ccc(C(C)(C)C)cc1C2.FC(F)(F)c1cccc([C](=[Zr+2])c2cccc(C(F)(F)F)c2)c1.FC(F)(F)c1cccc([C](=[Zr+2])c2cccc(C(F)(F)F)c2)c1.[C-]1=CC=CC1.[C-]1=CC=CC1.[Cl-].[Cl-]. The molecule has 0 radical (unpaired) electrons. The minimum atomic E-state index is -4.49. The molecular formula is C82H76Cl2F12Zr2-2. The van der Waals surface area contributed by atoms with E-state index in [0.29, 0.717) is 6.41 Å². The van der Waals surface area contributed by atoms with Crippen molar-refractivity contribution in [3.8, 4) is 22.3 Å². The van der Waals surface area contributed by atoms with Crippen LogP contribution in [0.15, 0.2) is 194 Å². The Morgan fingerprint density at radius 1 is 0.327 bits per heavy atom. The van der Waals surface area contributed by atoms with Crippen molar-refractivity contribution in [1.82, 2.24) is 0 Å².